The maximum Gasteiger partial charge on any atom is 0.337 e. The maximum absolute atomic E-state index is 10.8. The van der Waals surface area contributed by atoms with Gasteiger partial charge < -0.3 is 9.84 Å². The van der Waals surface area contributed by atoms with Gasteiger partial charge in [0.1, 0.15) is 12.4 Å². The first-order chi connectivity index (χ1) is 8.66. The van der Waals surface area contributed by atoms with Gasteiger partial charge in [0.25, 0.3) is 0 Å². The van der Waals surface area contributed by atoms with Crippen molar-refractivity contribution in [2.75, 3.05) is 0 Å². The van der Waals surface area contributed by atoms with Crippen molar-refractivity contribution < 1.29 is 14.6 Å². The zero-order chi connectivity index (χ0) is 13.0. The average Bonchev–Trinajstić information content (AvgIpc) is 2.37. The fourth-order valence-corrected chi connectivity index (χ4v) is 1.75. The Morgan fingerprint density at radius 3 is 2.42 bits per heavy atom. The molecule has 100 valence electrons. The number of hydrogen-bond donors (Lipinski definition) is 1. The Kier molecular flexibility index (Phi) is 5.67. The Morgan fingerprint density at radius 2 is 1.84 bits per heavy atom. The summed E-state index contributed by atoms with van der Waals surface area (Å²) in [4.78, 5) is 10.8. The Morgan fingerprint density at radius 1 is 1.16 bits per heavy atom. The van der Waals surface area contributed by atoms with E-state index < -0.39 is 5.97 Å². The van der Waals surface area contributed by atoms with E-state index in [0.29, 0.717) is 12.4 Å². The number of benzene rings is 2. The Hall–Kier alpha value is -1.71. The Balaban J connectivity index is 0.00000180. The van der Waals surface area contributed by atoms with E-state index in [1.807, 2.05) is 30.3 Å². The van der Waals surface area contributed by atoms with Crippen molar-refractivity contribution >= 4 is 30.0 Å². The number of halogens is 2. The van der Waals surface area contributed by atoms with Gasteiger partial charge in [-0.1, -0.05) is 41.9 Å². The molecule has 3 nitrogen and oxygen atoms in total. The first-order valence-corrected chi connectivity index (χ1v) is 5.74. The smallest absolute Gasteiger partial charge is 0.337 e. The molecule has 0 atom stereocenters. The summed E-state index contributed by atoms with van der Waals surface area (Å²) in [6.07, 6.45) is 0. The molecule has 0 aliphatic rings. The van der Waals surface area contributed by atoms with E-state index in [9.17, 15) is 4.79 Å². The van der Waals surface area contributed by atoms with Crippen LogP contribution >= 0.6 is 24.0 Å². The van der Waals surface area contributed by atoms with Gasteiger partial charge in [0.05, 0.1) is 10.6 Å². The van der Waals surface area contributed by atoms with Gasteiger partial charge in [-0.15, -0.1) is 12.4 Å². The molecule has 0 aromatic heterocycles. The molecule has 1 N–H and O–H groups in total. The van der Waals surface area contributed by atoms with E-state index in [1.165, 1.54) is 12.1 Å². The highest BCUT2D eigenvalue weighted by Crippen LogP contribution is 2.23. The molecule has 19 heavy (non-hydrogen) atoms. The summed E-state index contributed by atoms with van der Waals surface area (Å²) in [5, 5.41) is 9.01. The number of carboxylic acid groups (broad SMARTS) is 1. The van der Waals surface area contributed by atoms with E-state index in [4.69, 9.17) is 21.4 Å². The van der Waals surface area contributed by atoms with Gasteiger partial charge in [0, 0.05) is 0 Å². The first kappa shape index (κ1) is 15.3. The molecule has 0 radical (unpaired) electrons. The number of ether oxygens (including phenoxy) is 1. The minimum absolute atomic E-state index is 0. The second kappa shape index (κ2) is 7.02. The standard InChI is InChI=1S/C14H11ClO3.ClH/c15-13-8-11(6-7-12(13)14(16)17)18-9-10-4-2-1-3-5-10;/h1-8H,9H2,(H,16,17);1H. The predicted molar refractivity (Wildman–Crippen MR) is 76.4 cm³/mol. The fourth-order valence-electron chi connectivity index (χ4n) is 1.50. The normalized spacial score (nSPS) is 9.53. The maximum atomic E-state index is 10.8. The van der Waals surface area contributed by atoms with Crippen LogP contribution in [0.4, 0.5) is 0 Å². The third-order valence-corrected chi connectivity index (χ3v) is 2.73. The van der Waals surface area contributed by atoms with Crippen LogP contribution in [0.25, 0.3) is 0 Å². The molecule has 2 aromatic rings. The van der Waals surface area contributed by atoms with E-state index in [1.54, 1.807) is 6.07 Å². The quantitative estimate of drug-likeness (QED) is 0.926. The second-order valence-electron chi connectivity index (χ2n) is 3.72. The van der Waals surface area contributed by atoms with Crippen LogP contribution < -0.4 is 4.74 Å². The van der Waals surface area contributed by atoms with Crippen LogP contribution in [0.3, 0.4) is 0 Å². The number of carboxylic acids is 1. The highest BCUT2D eigenvalue weighted by Gasteiger charge is 2.09. The van der Waals surface area contributed by atoms with Crippen LogP contribution in [0, 0.1) is 0 Å². The molecule has 2 rings (SSSR count). The topological polar surface area (TPSA) is 46.5 Å². The van der Waals surface area contributed by atoms with Crippen molar-refractivity contribution in [1.82, 2.24) is 0 Å². The van der Waals surface area contributed by atoms with Gasteiger partial charge in [0.15, 0.2) is 0 Å². The summed E-state index contributed by atoms with van der Waals surface area (Å²) in [5.74, 6) is -0.497. The van der Waals surface area contributed by atoms with Crippen LogP contribution in [0.2, 0.25) is 5.02 Å². The molecule has 0 heterocycles. The van der Waals surface area contributed by atoms with E-state index in [-0.39, 0.29) is 23.0 Å². The van der Waals surface area contributed by atoms with Crippen LogP contribution in [-0.4, -0.2) is 11.1 Å². The molecule has 0 unspecified atom stereocenters. The molecule has 0 bridgehead atoms. The molecule has 5 heteroatoms. The number of aromatic carboxylic acids is 1. The molecule has 0 aliphatic heterocycles. The van der Waals surface area contributed by atoms with Crippen molar-refractivity contribution in [3.63, 3.8) is 0 Å². The molecule has 2 aromatic carbocycles. The number of hydrogen-bond acceptors (Lipinski definition) is 2. The fraction of sp³-hybridized carbons (Fsp3) is 0.0714. The average molecular weight is 299 g/mol. The third-order valence-electron chi connectivity index (χ3n) is 2.42. The van der Waals surface area contributed by atoms with Gasteiger partial charge >= 0.3 is 5.97 Å². The Bertz CT molecular complexity index is 556. The molecular weight excluding hydrogens is 287 g/mol. The first-order valence-electron chi connectivity index (χ1n) is 5.36. The zero-order valence-electron chi connectivity index (χ0n) is 9.88. The zero-order valence-corrected chi connectivity index (χ0v) is 11.4. The summed E-state index contributed by atoms with van der Waals surface area (Å²) in [7, 11) is 0. The van der Waals surface area contributed by atoms with Crippen molar-refractivity contribution in [2.45, 2.75) is 6.61 Å². The Labute approximate surface area is 122 Å². The summed E-state index contributed by atoms with van der Waals surface area (Å²) in [6.45, 7) is 0.420. The molecule has 0 fully saturated rings. The van der Waals surface area contributed by atoms with Gasteiger partial charge in [0.2, 0.25) is 0 Å². The predicted octanol–water partition coefficient (Wildman–Crippen LogP) is 4.04. The molecule has 0 amide bonds. The summed E-state index contributed by atoms with van der Waals surface area (Å²) < 4.78 is 5.53. The lowest BCUT2D eigenvalue weighted by Crippen LogP contribution is -1.99. The molecule has 0 saturated carbocycles. The monoisotopic (exact) mass is 298 g/mol. The SMILES string of the molecule is Cl.O=C(O)c1ccc(OCc2ccccc2)cc1Cl. The molecule has 0 saturated heterocycles. The summed E-state index contributed by atoms with van der Waals surface area (Å²) >= 11 is 5.85. The summed E-state index contributed by atoms with van der Waals surface area (Å²) in [6, 6.07) is 14.2. The van der Waals surface area contributed by atoms with Gasteiger partial charge in [-0.3, -0.25) is 0 Å². The van der Waals surface area contributed by atoms with Crippen LogP contribution in [0.15, 0.2) is 48.5 Å². The second-order valence-corrected chi connectivity index (χ2v) is 4.13. The largest absolute Gasteiger partial charge is 0.489 e. The lowest BCUT2D eigenvalue weighted by atomic mass is 10.2. The molecule has 0 aliphatic carbocycles. The lowest BCUT2D eigenvalue weighted by molar-refractivity contribution is 0.0697. The van der Waals surface area contributed by atoms with Crippen molar-refractivity contribution in [1.29, 1.82) is 0 Å². The number of rotatable bonds is 4. The van der Waals surface area contributed by atoms with Gasteiger partial charge in [-0.05, 0) is 23.8 Å². The van der Waals surface area contributed by atoms with Crippen LogP contribution in [0.5, 0.6) is 5.75 Å². The van der Waals surface area contributed by atoms with Crippen molar-refractivity contribution in [3.8, 4) is 5.75 Å². The van der Waals surface area contributed by atoms with Crippen LogP contribution in [-0.2, 0) is 6.61 Å². The van der Waals surface area contributed by atoms with Crippen LogP contribution in [0.1, 0.15) is 15.9 Å². The van der Waals surface area contributed by atoms with Gasteiger partial charge in [-0.25, -0.2) is 4.79 Å². The van der Waals surface area contributed by atoms with E-state index in [0.717, 1.165) is 5.56 Å². The van der Waals surface area contributed by atoms with Crippen molar-refractivity contribution in [3.05, 3.63) is 64.7 Å². The summed E-state index contributed by atoms with van der Waals surface area (Å²) in [5.41, 5.74) is 1.11. The van der Waals surface area contributed by atoms with Gasteiger partial charge in [-0.2, -0.15) is 0 Å². The van der Waals surface area contributed by atoms with E-state index >= 15 is 0 Å². The minimum Gasteiger partial charge on any atom is -0.489 e. The number of carbonyl (C=O) groups is 1. The minimum atomic E-state index is -1.05. The van der Waals surface area contributed by atoms with Crippen molar-refractivity contribution in [2.24, 2.45) is 0 Å². The lowest BCUT2D eigenvalue weighted by Gasteiger charge is -2.07. The third kappa shape index (κ3) is 4.16. The highest BCUT2D eigenvalue weighted by molar-refractivity contribution is 6.33. The van der Waals surface area contributed by atoms with E-state index in [2.05, 4.69) is 0 Å². The molecule has 0 spiro atoms. The highest BCUT2D eigenvalue weighted by atomic mass is 35.5. The molecular formula is C14H12Cl2O3.